The zero-order valence-electron chi connectivity index (χ0n) is 12.2. The fourth-order valence-electron chi connectivity index (χ4n) is 2.84. The minimum Gasteiger partial charge on any atom is -0.481 e. The summed E-state index contributed by atoms with van der Waals surface area (Å²) in [6.07, 6.45) is 2.34. The summed E-state index contributed by atoms with van der Waals surface area (Å²) in [6, 6.07) is 7.53. The van der Waals surface area contributed by atoms with Crippen molar-refractivity contribution in [3.05, 3.63) is 29.8 Å². The molecule has 1 saturated carbocycles. The molecule has 21 heavy (non-hydrogen) atoms. The number of rotatable bonds is 5. The van der Waals surface area contributed by atoms with Gasteiger partial charge in [0.1, 0.15) is 0 Å². The highest BCUT2D eigenvalue weighted by molar-refractivity contribution is 5.77. The molecule has 1 aromatic rings. The van der Waals surface area contributed by atoms with Gasteiger partial charge in [0.15, 0.2) is 0 Å². The van der Waals surface area contributed by atoms with Crippen LogP contribution in [0.15, 0.2) is 24.3 Å². The van der Waals surface area contributed by atoms with Crippen molar-refractivity contribution < 1.29 is 14.7 Å². The number of nitrogen functional groups attached to an aromatic ring is 1. The van der Waals surface area contributed by atoms with Gasteiger partial charge in [-0.3, -0.25) is 9.59 Å². The third-order valence-electron chi connectivity index (χ3n) is 4.14. The fraction of sp³-hybridized carbons (Fsp3) is 0.500. The van der Waals surface area contributed by atoms with E-state index < -0.39 is 5.97 Å². The van der Waals surface area contributed by atoms with Crippen molar-refractivity contribution in [3.63, 3.8) is 0 Å². The summed E-state index contributed by atoms with van der Waals surface area (Å²) in [6.45, 7) is 2.00. The van der Waals surface area contributed by atoms with E-state index in [9.17, 15) is 9.59 Å². The Labute approximate surface area is 124 Å². The predicted molar refractivity (Wildman–Crippen MR) is 80.8 cm³/mol. The van der Waals surface area contributed by atoms with Crippen molar-refractivity contribution >= 4 is 17.6 Å². The molecule has 1 aliphatic carbocycles. The number of carboxylic acids is 1. The molecule has 0 heterocycles. The fourth-order valence-corrected chi connectivity index (χ4v) is 2.84. The molecule has 1 aliphatic rings. The van der Waals surface area contributed by atoms with Crippen molar-refractivity contribution in [1.29, 1.82) is 0 Å². The molecule has 1 unspecified atom stereocenters. The number of carbonyl (C=O) groups is 2. The summed E-state index contributed by atoms with van der Waals surface area (Å²) in [5.74, 6) is -0.982. The summed E-state index contributed by atoms with van der Waals surface area (Å²) < 4.78 is 0. The number of nitrogens with two attached hydrogens (primary N) is 1. The topological polar surface area (TPSA) is 92.4 Å². The minimum atomic E-state index is -0.762. The molecule has 1 amide bonds. The van der Waals surface area contributed by atoms with E-state index in [4.69, 9.17) is 10.8 Å². The number of benzene rings is 1. The average molecular weight is 290 g/mol. The SMILES string of the molecule is CC(CC(=O)N[C@H]1CC[C@@H](C(=O)O)C1)c1ccc(N)cc1. The Morgan fingerprint density at radius 3 is 2.57 bits per heavy atom. The lowest BCUT2D eigenvalue weighted by atomic mass is 9.97. The third-order valence-corrected chi connectivity index (χ3v) is 4.14. The molecular formula is C16H22N2O3. The Bertz CT molecular complexity index is 513. The first-order chi connectivity index (χ1) is 9.95. The Kier molecular flexibility index (Phi) is 4.83. The van der Waals surface area contributed by atoms with Crippen LogP contribution in [0, 0.1) is 5.92 Å². The monoisotopic (exact) mass is 290 g/mol. The Morgan fingerprint density at radius 2 is 2.00 bits per heavy atom. The molecule has 5 nitrogen and oxygen atoms in total. The normalized spacial score (nSPS) is 22.7. The summed E-state index contributed by atoms with van der Waals surface area (Å²) in [5, 5.41) is 11.9. The van der Waals surface area contributed by atoms with E-state index in [2.05, 4.69) is 5.32 Å². The highest BCUT2D eigenvalue weighted by atomic mass is 16.4. The second-order valence-electron chi connectivity index (χ2n) is 5.88. The molecule has 0 spiro atoms. The van der Waals surface area contributed by atoms with Crippen molar-refractivity contribution in [2.24, 2.45) is 5.92 Å². The van der Waals surface area contributed by atoms with Crippen LogP contribution in [0.1, 0.15) is 44.1 Å². The van der Waals surface area contributed by atoms with Gasteiger partial charge in [-0.25, -0.2) is 0 Å². The lowest BCUT2D eigenvalue weighted by Gasteiger charge is -2.16. The molecule has 0 bridgehead atoms. The zero-order valence-corrected chi connectivity index (χ0v) is 12.2. The van der Waals surface area contributed by atoms with Crippen LogP contribution in [0.2, 0.25) is 0 Å². The Hall–Kier alpha value is -2.04. The van der Waals surface area contributed by atoms with Crippen LogP contribution in [0.3, 0.4) is 0 Å². The van der Waals surface area contributed by atoms with Gasteiger partial charge in [0.05, 0.1) is 5.92 Å². The van der Waals surface area contributed by atoms with Gasteiger partial charge in [-0.1, -0.05) is 19.1 Å². The smallest absolute Gasteiger partial charge is 0.306 e. The maximum atomic E-state index is 12.0. The maximum absolute atomic E-state index is 12.0. The number of aliphatic carboxylic acids is 1. The van der Waals surface area contributed by atoms with Crippen molar-refractivity contribution in [2.75, 3.05) is 5.73 Å². The molecule has 1 aromatic carbocycles. The number of anilines is 1. The van der Waals surface area contributed by atoms with E-state index in [-0.39, 0.29) is 23.8 Å². The number of hydrogen-bond donors (Lipinski definition) is 3. The lowest BCUT2D eigenvalue weighted by Crippen LogP contribution is -2.33. The van der Waals surface area contributed by atoms with Gasteiger partial charge >= 0.3 is 5.97 Å². The highest BCUT2D eigenvalue weighted by Crippen LogP contribution is 2.26. The molecule has 3 atom stereocenters. The molecule has 2 rings (SSSR count). The standard InChI is InChI=1S/C16H22N2O3/c1-10(11-2-5-13(17)6-3-11)8-15(19)18-14-7-4-12(9-14)16(20)21/h2-3,5-6,10,12,14H,4,7-9,17H2,1H3,(H,18,19)(H,20,21)/t10?,12-,14+/m1/s1. The van der Waals surface area contributed by atoms with Crippen LogP contribution < -0.4 is 11.1 Å². The van der Waals surface area contributed by atoms with Gasteiger partial charge in [-0.15, -0.1) is 0 Å². The largest absolute Gasteiger partial charge is 0.481 e. The van der Waals surface area contributed by atoms with Crippen LogP contribution in [-0.2, 0) is 9.59 Å². The van der Waals surface area contributed by atoms with Gasteiger partial charge in [0.2, 0.25) is 5.91 Å². The predicted octanol–water partition coefficient (Wildman–Crippen LogP) is 2.13. The van der Waals surface area contributed by atoms with Gasteiger partial charge in [0.25, 0.3) is 0 Å². The van der Waals surface area contributed by atoms with Gasteiger partial charge < -0.3 is 16.2 Å². The van der Waals surface area contributed by atoms with Gasteiger partial charge in [-0.05, 0) is 42.9 Å². The van der Waals surface area contributed by atoms with E-state index in [1.165, 1.54) is 0 Å². The summed E-state index contributed by atoms with van der Waals surface area (Å²) in [5.41, 5.74) is 7.43. The highest BCUT2D eigenvalue weighted by Gasteiger charge is 2.30. The first-order valence-corrected chi connectivity index (χ1v) is 7.33. The van der Waals surface area contributed by atoms with Crippen LogP contribution in [-0.4, -0.2) is 23.0 Å². The molecule has 0 aromatic heterocycles. The van der Waals surface area contributed by atoms with E-state index >= 15 is 0 Å². The number of carbonyl (C=O) groups excluding carboxylic acids is 1. The Morgan fingerprint density at radius 1 is 1.33 bits per heavy atom. The van der Waals surface area contributed by atoms with E-state index in [0.717, 1.165) is 12.0 Å². The number of carboxylic acid groups (broad SMARTS) is 1. The molecule has 0 saturated heterocycles. The molecular weight excluding hydrogens is 268 g/mol. The lowest BCUT2D eigenvalue weighted by molar-refractivity contribution is -0.141. The second kappa shape index (κ2) is 6.61. The quantitative estimate of drug-likeness (QED) is 0.724. The molecule has 4 N–H and O–H groups in total. The van der Waals surface area contributed by atoms with E-state index in [0.29, 0.717) is 24.9 Å². The number of hydrogen-bond acceptors (Lipinski definition) is 3. The molecule has 5 heteroatoms. The van der Waals surface area contributed by atoms with E-state index in [1.807, 2.05) is 31.2 Å². The van der Waals surface area contributed by atoms with Gasteiger partial charge in [-0.2, -0.15) is 0 Å². The minimum absolute atomic E-state index is 0.00258. The summed E-state index contributed by atoms with van der Waals surface area (Å²) >= 11 is 0. The van der Waals surface area contributed by atoms with Crippen LogP contribution in [0.4, 0.5) is 5.69 Å². The number of amides is 1. The molecule has 0 radical (unpaired) electrons. The summed E-state index contributed by atoms with van der Waals surface area (Å²) in [4.78, 5) is 22.9. The van der Waals surface area contributed by atoms with Crippen molar-refractivity contribution in [3.8, 4) is 0 Å². The molecule has 1 fully saturated rings. The Balaban J connectivity index is 1.82. The van der Waals surface area contributed by atoms with E-state index in [1.54, 1.807) is 0 Å². The van der Waals surface area contributed by atoms with Crippen LogP contribution in [0.5, 0.6) is 0 Å². The average Bonchev–Trinajstić information content (AvgIpc) is 2.87. The van der Waals surface area contributed by atoms with Gasteiger partial charge in [0, 0.05) is 18.2 Å². The van der Waals surface area contributed by atoms with Crippen molar-refractivity contribution in [1.82, 2.24) is 5.32 Å². The van der Waals surface area contributed by atoms with Crippen LogP contribution >= 0.6 is 0 Å². The summed E-state index contributed by atoms with van der Waals surface area (Å²) in [7, 11) is 0. The number of nitrogens with one attached hydrogen (secondary N) is 1. The third kappa shape index (κ3) is 4.21. The second-order valence-corrected chi connectivity index (χ2v) is 5.88. The molecule has 0 aliphatic heterocycles. The first-order valence-electron chi connectivity index (χ1n) is 7.33. The zero-order chi connectivity index (χ0) is 15.4. The first kappa shape index (κ1) is 15.4. The van der Waals surface area contributed by atoms with Crippen molar-refractivity contribution in [2.45, 2.75) is 44.6 Å². The molecule has 114 valence electrons. The maximum Gasteiger partial charge on any atom is 0.306 e. The van der Waals surface area contributed by atoms with Crippen LogP contribution in [0.25, 0.3) is 0 Å².